The van der Waals surface area contributed by atoms with E-state index in [1.165, 1.54) is 13.5 Å². The summed E-state index contributed by atoms with van der Waals surface area (Å²) in [5.41, 5.74) is 6.54. The zero-order chi connectivity index (χ0) is 13.7. The molecule has 1 aromatic carbocycles. The summed E-state index contributed by atoms with van der Waals surface area (Å²) in [5.74, 6) is 0.754. The van der Waals surface area contributed by atoms with Gasteiger partial charge in [-0.1, -0.05) is 11.2 Å². The Morgan fingerprint density at radius 1 is 1.53 bits per heavy atom. The van der Waals surface area contributed by atoms with Crippen LogP contribution in [-0.4, -0.2) is 29.7 Å². The van der Waals surface area contributed by atoms with Crippen LogP contribution in [0.25, 0.3) is 0 Å². The van der Waals surface area contributed by atoms with Gasteiger partial charge in [0.1, 0.15) is 5.75 Å². The lowest BCUT2D eigenvalue weighted by Gasteiger charge is -2.09. The van der Waals surface area contributed by atoms with Gasteiger partial charge in [0, 0.05) is 13.0 Å². The number of aromatic nitrogens is 2. The van der Waals surface area contributed by atoms with Crippen LogP contribution < -0.4 is 15.8 Å². The third-order valence-corrected chi connectivity index (χ3v) is 2.57. The molecule has 0 radical (unpaired) electrons. The average molecular weight is 262 g/mol. The zero-order valence-corrected chi connectivity index (χ0v) is 10.4. The molecule has 0 atom stereocenters. The number of anilines is 1. The monoisotopic (exact) mass is 262 g/mol. The van der Waals surface area contributed by atoms with Gasteiger partial charge in [0.05, 0.1) is 18.4 Å². The Balaban J connectivity index is 1.96. The van der Waals surface area contributed by atoms with E-state index >= 15 is 0 Å². The molecule has 1 heterocycles. The Morgan fingerprint density at radius 2 is 2.37 bits per heavy atom. The first-order valence-corrected chi connectivity index (χ1v) is 5.68. The van der Waals surface area contributed by atoms with Gasteiger partial charge >= 0.3 is 0 Å². The minimum atomic E-state index is -0.264. The smallest absolute Gasteiger partial charge is 0.253 e. The Bertz CT molecular complexity index is 554. The standard InChI is InChI=1S/C12H14N4O3/c1-18-9-4-2-3-8(11(9)13)12(17)14-6-5-10-15-7-19-16-10/h2-4,7H,5-6,13H2,1H3,(H,14,17). The van der Waals surface area contributed by atoms with Gasteiger partial charge in [-0.15, -0.1) is 0 Å². The quantitative estimate of drug-likeness (QED) is 0.766. The van der Waals surface area contributed by atoms with Crippen molar-refractivity contribution in [2.75, 3.05) is 19.4 Å². The van der Waals surface area contributed by atoms with E-state index in [4.69, 9.17) is 10.5 Å². The molecule has 0 aliphatic rings. The topological polar surface area (TPSA) is 103 Å². The zero-order valence-electron chi connectivity index (χ0n) is 10.4. The number of rotatable bonds is 5. The van der Waals surface area contributed by atoms with Crippen LogP contribution in [0.3, 0.4) is 0 Å². The van der Waals surface area contributed by atoms with Crippen LogP contribution in [0.2, 0.25) is 0 Å². The second-order valence-electron chi connectivity index (χ2n) is 3.77. The van der Waals surface area contributed by atoms with Crippen LogP contribution in [0, 0.1) is 0 Å². The number of hydrogen-bond acceptors (Lipinski definition) is 6. The summed E-state index contributed by atoms with van der Waals surface area (Å²) in [4.78, 5) is 15.8. The Morgan fingerprint density at radius 3 is 3.05 bits per heavy atom. The molecule has 1 amide bonds. The highest BCUT2D eigenvalue weighted by molar-refractivity contribution is 6.00. The number of carbonyl (C=O) groups is 1. The third kappa shape index (κ3) is 3.01. The number of nitrogens with zero attached hydrogens (tertiary/aromatic N) is 2. The summed E-state index contributed by atoms with van der Waals surface area (Å²) < 4.78 is 9.66. The van der Waals surface area contributed by atoms with Gasteiger partial charge < -0.3 is 20.3 Å². The average Bonchev–Trinajstić information content (AvgIpc) is 2.92. The van der Waals surface area contributed by atoms with Crippen molar-refractivity contribution in [3.8, 4) is 5.75 Å². The lowest BCUT2D eigenvalue weighted by Crippen LogP contribution is -2.26. The fraction of sp³-hybridized carbons (Fsp3) is 0.250. The largest absolute Gasteiger partial charge is 0.495 e. The number of amides is 1. The molecule has 7 heteroatoms. The molecular weight excluding hydrogens is 248 g/mol. The van der Waals surface area contributed by atoms with Gasteiger partial charge in [-0.2, -0.15) is 4.98 Å². The molecule has 0 fully saturated rings. The SMILES string of the molecule is COc1cccc(C(=O)NCCc2ncon2)c1N. The normalized spacial score (nSPS) is 10.2. The van der Waals surface area contributed by atoms with Crippen molar-refractivity contribution in [2.45, 2.75) is 6.42 Å². The van der Waals surface area contributed by atoms with Crippen molar-refractivity contribution in [3.63, 3.8) is 0 Å². The summed E-state index contributed by atoms with van der Waals surface area (Å²) in [5, 5.41) is 6.38. The van der Waals surface area contributed by atoms with E-state index in [0.717, 1.165) is 0 Å². The van der Waals surface area contributed by atoms with Crippen LogP contribution in [0.4, 0.5) is 5.69 Å². The minimum Gasteiger partial charge on any atom is -0.495 e. The molecule has 0 aliphatic heterocycles. The van der Waals surface area contributed by atoms with E-state index in [0.29, 0.717) is 35.8 Å². The summed E-state index contributed by atoms with van der Waals surface area (Å²) in [6.07, 6.45) is 1.74. The lowest BCUT2D eigenvalue weighted by molar-refractivity contribution is 0.0954. The maximum atomic E-state index is 12.0. The third-order valence-electron chi connectivity index (χ3n) is 2.57. The van der Waals surface area contributed by atoms with Crippen LogP contribution in [0.1, 0.15) is 16.2 Å². The van der Waals surface area contributed by atoms with Crippen molar-refractivity contribution in [3.05, 3.63) is 36.0 Å². The van der Waals surface area contributed by atoms with Crippen molar-refractivity contribution < 1.29 is 14.1 Å². The maximum Gasteiger partial charge on any atom is 0.253 e. The molecule has 0 saturated heterocycles. The van der Waals surface area contributed by atoms with E-state index in [-0.39, 0.29) is 5.91 Å². The number of nitrogen functional groups attached to an aromatic ring is 1. The van der Waals surface area contributed by atoms with E-state index < -0.39 is 0 Å². The van der Waals surface area contributed by atoms with Crippen LogP contribution >= 0.6 is 0 Å². The van der Waals surface area contributed by atoms with Gasteiger partial charge in [-0.25, -0.2) is 0 Å². The number of benzene rings is 1. The van der Waals surface area contributed by atoms with Crippen LogP contribution in [0.15, 0.2) is 29.1 Å². The number of para-hydroxylation sites is 1. The van der Waals surface area contributed by atoms with Gasteiger partial charge in [-0.05, 0) is 12.1 Å². The highest BCUT2D eigenvalue weighted by Gasteiger charge is 2.12. The fourth-order valence-electron chi connectivity index (χ4n) is 1.61. The van der Waals surface area contributed by atoms with Crippen molar-refractivity contribution in [2.24, 2.45) is 0 Å². The van der Waals surface area contributed by atoms with Gasteiger partial charge in [0.15, 0.2) is 5.82 Å². The first-order chi connectivity index (χ1) is 9.22. The van der Waals surface area contributed by atoms with Crippen LogP contribution in [-0.2, 0) is 6.42 Å². The first-order valence-electron chi connectivity index (χ1n) is 5.68. The predicted molar refractivity (Wildman–Crippen MR) is 67.7 cm³/mol. The molecule has 2 rings (SSSR count). The molecule has 0 saturated carbocycles. The van der Waals surface area contributed by atoms with E-state index in [1.807, 2.05) is 0 Å². The maximum absolute atomic E-state index is 12.0. The number of hydrogen-bond donors (Lipinski definition) is 2. The second kappa shape index (κ2) is 5.85. The Hall–Kier alpha value is -2.57. The number of carbonyl (C=O) groups excluding carboxylic acids is 1. The number of methoxy groups -OCH3 is 1. The molecule has 1 aromatic heterocycles. The minimum absolute atomic E-state index is 0.264. The van der Waals surface area contributed by atoms with Gasteiger partial charge in [0.2, 0.25) is 6.39 Å². The molecule has 100 valence electrons. The van der Waals surface area contributed by atoms with Crippen LogP contribution in [0.5, 0.6) is 5.75 Å². The number of nitrogens with one attached hydrogen (secondary N) is 1. The van der Waals surface area contributed by atoms with Crippen molar-refractivity contribution in [1.29, 1.82) is 0 Å². The molecule has 0 aliphatic carbocycles. The highest BCUT2D eigenvalue weighted by atomic mass is 16.5. The number of nitrogens with two attached hydrogens (primary N) is 1. The molecular formula is C12H14N4O3. The van der Waals surface area contributed by atoms with E-state index in [2.05, 4.69) is 20.0 Å². The molecule has 3 N–H and O–H groups in total. The summed E-state index contributed by atoms with van der Waals surface area (Å²) in [6, 6.07) is 5.05. The molecule has 19 heavy (non-hydrogen) atoms. The Labute approximate surface area is 109 Å². The van der Waals surface area contributed by atoms with Crippen molar-refractivity contribution >= 4 is 11.6 Å². The second-order valence-corrected chi connectivity index (χ2v) is 3.77. The van der Waals surface area contributed by atoms with Crippen molar-refractivity contribution in [1.82, 2.24) is 15.5 Å². The van der Waals surface area contributed by atoms with E-state index in [1.54, 1.807) is 18.2 Å². The molecule has 0 unspecified atom stereocenters. The molecule has 2 aromatic rings. The van der Waals surface area contributed by atoms with Gasteiger partial charge in [0.25, 0.3) is 5.91 Å². The molecule has 7 nitrogen and oxygen atoms in total. The summed E-state index contributed by atoms with van der Waals surface area (Å²) >= 11 is 0. The molecule has 0 bridgehead atoms. The first kappa shape index (κ1) is 12.9. The van der Waals surface area contributed by atoms with Gasteiger partial charge in [-0.3, -0.25) is 4.79 Å². The molecule has 0 spiro atoms. The summed E-state index contributed by atoms with van der Waals surface area (Å²) in [7, 11) is 1.50. The Kier molecular flexibility index (Phi) is 3.97. The highest BCUT2D eigenvalue weighted by Crippen LogP contribution is 2.24. The summed E-state index contributed by atoms with van der Waals surface area (Å²) in [6.45, 7) is 0.398. The van der Waals surface area contributed by atoms with E-state index in [9.17, 15) is 4.79 Å². The fourth-order valence-corrected chi connectivity index (χ4v) is 1.61. The predicted octanol–water partition coefficient (Wildman–Crippen LogP) is 0.633. The lowest BCUT2D eigenvalue weighted by atomic mass is 10.1. The number of ether oxygens (including phenoxy) is 1.